The van der Waals surface area contributed by atoms with Crippen LogP contribution in [0, 0.1) is 6.92 Å². The summed E-state index contributed by atoms with van der Waals surface area (Å²) >= 11 is 3.49. The van der Waals surface area contributed by atoms with E-state index in [1.165, 1.54) is 0 Å². The van der Waals surface area contributed by atoms with Crippen molar-refractivity contribution in [1.29, 1.82) is 0 Å². The largest absolute Gasteiger partial charge is 0.494 e. The van der Waals surface area contributed by atoms with Gasteiger partial charge in [-0.25, -0.2) is 8.42 Å². The lowest BCUT2D eigenvalue weighted by Gasteiger charge is -2.35. The van der Waals surface area contributed by atoms with Crippen LogP contribution in [0.15, 0.2) is 112 Å². The minimum atomic E-state index is -4.19. The molecule has 0 bridgehead atoms. The number of aryl methyl sites for hydroxylation is 1. The number of sulfonamides is 1. The lowest BCUT2D eigenvalue weighted by Crippen LogP contribution is -2.55. The molecule has 4 aromatic rings. The van der Waals surface area contributed by atoms with Crippen LogP contribution < -0.4 is 14.4 Å². The van der Waals surface area contributed by atoms with E-state index in [0.29, 0.717) is 18.0 Å². The van der Waals surface area contributed by atoms with Crippen LogP contribution in [0.2, 0.25) is 0 Å². The first-order chi connectivity index (χ1) is 23.6. The smallest absolute Gasteiger partial charge is 0.264 e. The Labute approximate surface area is 298 Å². The maximum absolute atomic E-state index is 14.7. The molecular weight excluding hydrogens is 702 g/mol. The van der Waals surface area contributed by atoms with E-state index in [-0.39, 0.29) is 29.8 Å². The number of benzene rings is 4. The molecule has 1 atom stereocenters. The van der Waals surface area contributed by atoms with Crippen molar-refractivity contribution in [1.82, 2.24) is 10.2 Å². The molecule has 8 nitrogen and oxygen atoms in total. The predicted molar refractivity (Wildman–Crippen MR) is 197 cm³/mol. The molecule has 1 fully saturated rings. The topological polar surface area (TPSA) is 96.0 Å². The van der Waals surface area contributed by atoms with Crippen molar-refractivity contribution in [3.63, 3.8) is 0 Å². The van der Waals surface area contributed by atoms with Gasteiger partial charge >= 0.3 is 0 Å². The van der Waals surface area contributed by atoms with Crippen LogP contribution in [0.3, 0.4) is 0 Å². The van der Waals surface area contributed by atoms with Crippen LogP contribution in [0.1, 0.15) is 55.7 Å². The number of carbonyl (C=O) groups is 2. The van der Waals surface area contributed by atoms with Crippen molar-refractivity contribution >= 4 is 43.5 Å². The Bertz CT molecular complexity index is 1780. The van der Waals surface area contributed by atoms with Crippen LogP contribution in [0.5, 0.6) is 5.75 Å². The fraction of sp³-hybridized carbons (Fsp3) is 0.333. The molecular formula is C39H44BrN3O5S. The Hall–Kier alpha value is -4.15. The van der Waals surface area contributed by atoms with Gasteiger partial charge in [-0.3, -0.25) is 13.9 Å². The quantitative estimate of drug-likeness (QED) is 0.145. The van der Waals surface area contributed by atoms with Gasteiger partial charge in [0.05, 0.1) is 17.2 Å². The summed E-state index contributed by atoms with van der Waals surface area (Å²) in [7, 11) is -4.19. The molecule has 49 heavy (non-hydrogen) atoms. The number of amides is 2. The SMILES string of the molecule is CCOc1ccc(N(CC(=O)N(Cc2ccc(Br)cc2)[C@@H](Cc2ccccc2)C(=O)NC2CCCCC2)S(=O)(=O)c2ccc(C)cc2)cc1. The molecule has 4 aromatic carbocycles. The zero-order valence-corrected chi connectivity index (χ0v) is 30.5. The zero-order chi connectivity index (χ0) is 34.8. The molecule has 0 aromatic heterocycles. The van der Waals surface area contributed by atoms with Gasteiger partial charge in [0.25, 0.3) is 10.0 Å². The van der Waals surface area contributed by atoms with Gasteiger partial charge in [-0.2, -0.15) is 0 Å². The second kappa shape index (κ2) is 17.0. The summed E-state index contributed by atoms with van der Waals surface area (Å²) in [6.45, 7) is 3.82. The number of hydrogen-bond donors (Lipinski definition) is 1. The average molecular weight is 747 g/mol. The fourth-order valence-electron chi connectivity index (χ4n) is 6.13. The van der Waals surface area contributed by atoms with Crippen LogP contribution in [0.25, 0.3) is 0 Å². The van der Waals surface area contributed by atoms with E-state index in [0.717, 1.165) is 57.6 Å². The standard InChI is InChI=1S/C39H44BrN3O5S/c1-3-48-35-22-20-34(21-23-35)43(49(46,47)36-24-14-29(2)15-25-36)28-38(44)42(27-31-16-18-32(40)19-17-31)37(26-30-10-6-4-7-11-30)39(45)41-33-12-8-5-9-13-33/h4,6-7,10-11,14-25,33,37H,3,5,8-9,12-13,26-28H2,1-2H3,(H,41,45)/t37-/m0/s1. The van der Waals surface area contributed by atoms with Crippen molar-refractivity contribution in [3.8, 4) is 5.75 Å². The van der Waals surface area contributed by atoms with E-state index >= 15 is 0 Å². The lowest BCUT2D eigenvalue weighted by atomic mass is 9.94. The number of carbonyl (C=O) groups excluding carboxylic acids is 2. The van der Waals surface area contributed by atoms with Crippen molar-refractivity contribution in [2.24, 2.45) is 0 Å². The molecule has 5 rings (SSSR count). The Balaban J connectivity index is 1.56. The maximum Gasteiger partial charge on any atom is 0.264 e. The molecule has 2 amide bonds. The molecule has 0 saturated heterocycles. The first-order valence-corrected chi connectivity index (χ1v) is 19.1. The van der Waals surface area contributed by atoms with Crippen LogP contribution in [-0.4, -0.2) is 50.4 Å². The average Bonchev–Trinajstić information content (AvgIpc) is 3.11. The van der Waals surface area contributed by atoms with E-state index in [4.69, 9.17) is 4.74 Å². The molecule has 1 aliphatic rings. The van der Waals surface area contributed by atoms with E-state index in [2.05, 4.69) is 21.2 Å². The van der Waals surface area contributed by atoms with Crippen molar-refractivity contribution in [3.05, 3.63) is 124 Å². The summed E-state index contributed by atoms with van der Waals surface area (Å²) in [6, 6.07) is 29.6. The van der Waals surface area contributed by atoms with E-state index < -0.39 is 28.5 Å². The fourth-order valence-corrected chi connectivity index (χ4v) is 7.80. The highest BCUT2D eigenvalue weighted by Crippen LogP contribution is 2.28. The summed E-state index contributed by atoms with van der Waals surface area (Å²) in [4.78, 5) is 30.6. The number of halogens is 1. The highest BCUT2D eigenvalue weighted by molar-refractivity contribution is 9.10. The van der Waals surface area contributed by atoms with Gasteiger partial charge in [-0.05, 0) is 86.3 Å². The molecule has 0 radical (unpaired) electrons. The molecule has 1 saturated carbocycles. The van der Waals surface area contributed by atoms with Gasteiger partial charge in [-0.15, -0.1) is 0 Å². The number of rotatable bonds is 14. The van der Waals surface area contributed by atoms with Gasteiger partial charge in [0.2, 0.25) is 11.8 Å². The third-order valence-electron chi connectivity index (χ3n) is 8.81. The van der Waals surface area contributed by atoms with Crippen molar-refractivity contribution in [2.75, 3.05) is 17.5 Å². The van der Waals surface area contributed by atoms with Gasteiger partial charge in [-0.1, -0.05) is 95.4 Å². The summed E-state index contributed by atoms with van der Waals surface area (Å²) in [5, 5.41) is 3.25. The molecule has 0 heterocycles. The molecule has 0 aliphatic heterocycles. The number of anilines is 1. The molecule has 10 heteroatoms. The molecule has 1 aliphatic carbocycles. The minimum absolute atomic E-state index is 0.0337. The van der Waals surface area contributed by atoms with Crippen LogP contribution in [-0.2, 0) is 32.6 Å². The predicted octanol–water partition coefficient (Wildman–Crippen LogP) is 7.44. The first-order valence-electron chi connectivity index (χ1n) is 16.8. The normalized spacial score (nSPS) is 14.1. The number of nitrogens with zero attached hydrogens (tertiary/aromatic N) is 2. The summed E-state index contributed by atoms with van der Waals surface area (Å²) < 4.78 is 36.2. The monoisotopic (exact) mass is 745 g/mol. The van der Waals surface area contributed by atoms with E-state index in [9.17, 15) is 18.0 Å². The van der Waals surface area contributed by atoms with Gasteiger partial charge in [0.15, 0.2) is 0 Å². The lowest BCUT2D eigenvalue weighted by molar-refractivity contribution is -0.140. The summed E-state index contributed by atoms with van der Waals surface area (Å²) in [5.41, 5.74) is 2.94. The molecule has 1 N–H and O–H groups in total. The number of nitrogens with one attached hydrogen (secondary N) is 1. The third-order valence-corrected chi connectivity index (χ3v) is 11.1. The Morgan fingerprint density at radius 2 is 1.51 bits per heavy atom. The Morgan fingerprint density at radius 1 is 0.857 bits per heavy atom. The molecule has 258 valence electrons. The van der Waals surface area contributed by atoms with Crippen molar-refractivity contribution < 1.29 is 22.7 Å². The Kier molecular flexibility index (Phi) is 12.5. The highest BCUT2D eigenvalue weighted by Gasteiger charge is 2.35. The van der Waals surface area contributed by atoms with Gasteiger partial charge < -0.3 is 15.0 Å². The van der Waals surface area contributed by atoms with Gasteiger partial charge in [0, 0.05) is 23.5 Å². The zero-order valence-electron chi connectivity index (χ0n) is 28.1. The molecule has 0 spiro atoms. The summed E-state index contributed by atoms with van der Waals surface area (Å²) in [5.74, 6) is -0.146. The Morgan fingerprint density at radius 3 is 2.14 bits per heavy atom. The van der Waals surface area contributed by atoms with Gasteiger partial charge in [0.1, 0.15) is 18.3 Å². The molecule has 0 unspecified atom stereocenters. The summed E-state index contributed by atoms with van der Waals surface area (Å²) in [6.07, 6.45) is 5.29. The van der Waals surface area contributed by atoms with Crippen LogP contribution >= 0.6 is 15.9 Å². The number of hydrogen-bond acceptors (Lipinski definition) is 5. The van der Waals surface area contributed by atoms with Crippen LogP contribution in [0.4, 0.5) is 5.69 Å². The second-order valence-electron chi connectivity index (χ2n) is 12.4. The second-order valence-corrected chi connectivity index (χ2v) is 15.2. The maximum atomic E-state index is 14.7. The van der Waals surface area contributed by atoms with E-state index in [1.54, 1.807) is 53.4 Å². The van der Waals surface area contributed by atoms with E-state index in [1.807, 2.05) is 68.4 Å². The first kappa shape index (κ1) is 36.1. The minimum Gasteiger partial charge on any atom is -0.494 e. The third kappa shape index (κ3) is 9.73. The van der Waals surface area contributed by atoms with Crippen molar-refractivity contribution in [2.45, 2.75) is 75.9 Å². The highest BCUT2D eigenvalue weighted by atomic mass is 79.9. The number of ether oxygens (including phenoxy) is 1.